The number of hydrogen-bond acceptors (Lipinski definition) is 5. The number of para-hydroxylation sites is 1. The van der Waals surface area contributed by atoms with E-state index in [4.69, 9.17) is 9.47 Å². The molecule has 0 saturated carbocycles. The van der Waals surface area contributed by atoms with Gasteiger partial charge in [-0.1, -0.05) is 13.0 Å². The lowest BCUT2D eigenvalue weighted by Gasteiger charge is -2.09. The summed E-state index contributed by atoms with van der Waals surface area (Å²) in [6.07, 6.45) is 0.940. The molecule has 0 radical (unpaired) electrons. The first-order valence-electron chi connectivity index (χ1n) is 5.86. The zero-order valence-electron chi connectivity index (χ0n) is 10.6. The number of nitro benzene ring substituents is 1. The maximum Gasteiger partial charge on any atom is 0.333 e. The molecule has 0 amide bonds. The van der Waals surface area contributed by atoms with Gasteiger partial charge >= 0.3 is 5.69 Å². The van der Waals surface area contributed by atoms with Gasteiger partial charge in [-0.05, 0) is 18.6 Å². The minimum Gasteiger partial charge on any atom is -0.484 e. The van der Waals surface area contributed by atoms with Gasteiger partial charge in [-0.2, -0.15) is 0 Å². The topological polar surface area (TPSA) is 73.6 Å². The summed E-state index contributed by atoms with van der Waals surface area (Å²) >= 11 is 0. The summed E-state index contributed by atoms with van der Waals surface area (Å²) < 4.78 is 10.6. The lowest BCUT2D eigenvalue weighted by Crippen LogP contribution is -2.09. The molecule has 0 atom stereocenters. The van der Waals surface area contributed by atoms with Crippen molar-refractivity contribution in [3.63, 3.8) is 0 Å². The Morgan fingerprint density at radius 3 is 2.72 bits per heavy atom. The van der Waals surface area contributed by atoms with E-state index in [-0.39, 0.29) is 11.4 Å². The Balaban J connectivity index is 2.67. The van der Waals surface area contributed by atoms with E-state index >= 15 is 0 Å². The Morgan fingerprint density at radius 2 is 2.11 bits per heavy atom. The fourth-order valence-corrected chi connectivity index (χ4v) is 1.49. The fraction of sp³-hybridized carbons (Fsp3) is 0.500. The van der Waals surface area contributed by atoms with Crippen molar-refractivity contribution in [3.8, 4) is 5.75 Å². The number of rotatable bonds is 8. The van der Waals surface area contributed by atoms with Crippen molar-refractivity contribution in [2.24, 2.45) is 0 Å². The van der Waals surface area contributed by atoms with Crippen LogP contribution in [0.3, 0.4) is 0 Å². The summed E-state index contributed by atoms with van der Waals surface area (Å²) in [6.45, 7) is 3.41. The minimum atomic E-state index is -0.450. The fourth-order valence-electron chi connectivity index (χ4n) is 1.49. The van der Waals surface area contributed by atoms with Gasteiger partial charge in [-0.3, -0.25) is 10.1 Å². The van der Waals surface area contributed by atoms with E-state index in [2.05, 4.69) is 5.32 Å². The van der Waals surface area contributed by atoms with Gasteiger partial charge in [0, 0.05) is 13.7 Å². The van der Waals surface area contributed by atoms with Crippen LogP contribution < -0.4 is 10.1 Å². The molecule has 0 spiro atoms. The van der Waals surface area contributed by atoms with Crippen molar-refractivity contribution >= 4 is 11.4 Å². The Morgan fingerprint density at radius 1 is 1.33 bits per heavy atom. The Labute approximate surface area is 106 Å². The lowest BCUT2D eigenvalue weighted by molar-refractivity contribution is -0.385. The van der Waals surface area contributed by atoms with E-state index < -0.39 is 4.92 Å². The van der Waals surface area contributed by atoms with Crippen LogP contribution in [-0.2, 0) is 4.74 Å². The molecule has 1 aromatic rings. The lowest BCUT2D eigenvalue weighted by atomic mass is 10.2. The van der Waals surface area contributed by atoms with E-state index in [1.807, 2.05) is 6.92 Å². The second-order valence-electron chi connectivity index (χ2n) is 3.62. The monoisotopic (exact) mass is 254 g/mol. The molecule has 0 heterocycles. The highest BCUT2D eigenvalue weighted by molar-refractivity contribution is 5.68. The standard InChI is InChI=1S/C12H18N2O4/c1-3-7-17-8-9-18-11-6-4-5-10(13-2)12(11)14(15)16/h4-6,13H,3,7-9H2,1-2H3. The van der Waals surface area contributed by atoms with Crippen LogP contribution in [-0.4, -0.2) is 31.8 Å². The summed E-state index contributed by atoms with van der Waals surface area (Å²) in [5, 5.41) is 13.8. The number of benzene rings is 1. The molecule has 1 rings (SSSR count). The van der Waals surface area contributed by atoms with Gasteiger partial charge in [-0.15, -0.1) is 0 Å². The molecule has 0 aliphatic rings. The third-order valence-corrected chi connectivity index (χ3v) is 2.28. The number of ether oxygens (including phenoxy) is 2. The first-order chi connectivity index (χ1) is 8.70. The highest BCUT2D eigenvalue weighted by Gasteiger charge is 2.19. The van der Waals surface area contributed by atoms with Gasteiger partial charge in [0.1, 0.15) is 12.3 Å². The molecule has 0 unspecified atom stereocenters. The van der Waals surface area contributed by atoms with Crippen LogP contribution in [0.5, 0.6) is 5.75 Å². The normalized spacial score (nSPS) is 10.1. The van der Waals surface area contributed by atoms with E-state index in [9.17, 15) is 10.1 Å². The summed E-state index contributed by atoms with van der Waals surface area (Å²) in [4.78, 5) is 10.5. The van der Waals surface area contributed by atoms with Crippen molar-refractivity contribution in [2.45, 2.75) is 13.3 Å². The second kappa shape index (κ2) is 7.50. The van der Waals surface area contributed by atoms with Crippen molar-refractivity contribution in [1.29, 1.82) is 0 Å². The second-order valence-corrected chi connectivity index (χ2v) is 3.62. The van der Waals surface area contributed by atoms with Gasteiger partial charge in [-0.25, -0.2) is 0 Å². The van der Waals surface area contributed by atoms with Crippen molar-refractivity contribution in [2.75, 3.05) is 32.2 Å². The largest absolute Gasteiger partial charge is 0.484 e. The van der Waals surface area contributed by atoms with Crippen LogP contribution >= 0.6 is 0 Å². The van der Waals surface area contributed by atoms with Gasteiger partial charge in [0.2, 0.25) is 0 Å². The molecule has 6 nitrogen and oxygen atoms in total. The van der Waals surface area contributed by atoms with Crippen molar-refractivity contribution in [1.82, 2.24) is 0 Å². The van der Waals surface area contributed by atoms with Gasteiger partial charge in [0.05, 0.1) is 11.5 Å². The van der Waals surface area contributed by atoms with Gasteiger partial charge < -0.3 is 14.8 Å². The van der Waals surface area contributed by atoms with Crippen molar-refractivity contribution < 1.29 is 14.4 Å². The number of nitrogens with one attached hydrogen (secondary N) is 1. The predicted molar refractivity (Wildman–Crippen MR) is 69.2 cm³/mol. The molecule has 100 valence electrons. The van der Waals surface area contributed by atoms with Crippen LogP contribution in [0.25, 0.3) is 0 Å². The highest BCUT2D eigenvalue weighted by atomic mass is 16.6. The molecule has 6 heteroatoms. The zero-order valence-corrected chi connectivity index (χ0v) is 10.6. The van der Waals surface area contributed by atoms with Gasteiger partial charge in [0.15, 0.2) is 5.75 Å². The molecular formula is C12H18N2O4. The summed E-state index contributed by atoms with van der Waals surface area (Å²) in [7, 11) is 1.64. The third kappa shape index (κ3) is 3.89. The van der Waals surface area contributed by atoms with Gasteiger partial charge in [0.25, 0.3) is 0 Å². The van der Waals surface area contributed by atoms with Crippen LogP contribution in [0.15, 0.2) is 18.2 Å². The van der Waals surface area contributed by atoms with Crippen LogP contribution in [0, 0.1) is 10.1 Å². The molecule has 0 aromatic heterocycles. The van der Waals surface area contributed by atoms with Crippen molar-refractivity contribution in [3.05, 3.63) is 28.3 Å². The molecule has 0 aliphatic heterocycles. The Kier molecular flexibility index (Phi) is 5.93. The number of nitrogens with zero attached hydrogens (tertiary/aromatic N) is 1. The molecule has 18 heavy (non-hydrogen) atoms. The minimum absolute atomic E-state index is 0.0458. The Hall–Kier alpha value is -1.82. The van der Waals surface area contributed by atoms with Crippen LogP contribution in [0.4, 0.5) is 11.4 Å². The van der Waals surface area contributed by atoms with E-state index in [1.54, 1.807) is 25.2 Å². The average Bonchev–Trinajstić information content (AvgIpc) is 2.37. The zero-order chi connectivity index (χ0) is 13.4. The average molecular weight is 254 g/mol. The van der Waals surface area contributed by atoms with Crippen LogP contribution in [0.2, 0.25) is 0 Å². The van der Waals surface area contributed by atoms with Crippen LogP contribution in [0.1, 0.15) is 13.3 Å². The smallest absolute Gasteiger partial charge is 0.333 e. The van der Waals surface area contributed by atoms with E-state index in [0.29, 0.717) is 25.5 Å². The predicted octanol–water partition coefficient (Wildman–Crippen LogP) is 2.44. The third-order valence-electron chi connectivity index (χ3n) is 2.28. The molecule has 0 bridgehead atoms. The number of nitro groups is 1. The maximum atomic E-state index is 11.0. The molecule has 0 fully saturated rings. The van der Waals surface area contributed by atoms with E-state index in [1.165, 1.54) is 0 Å². The number of anilines is 1. The maximum absolute atomic E-state index is 11.0. The first-order valence-corrected chi connectivity index (χ1v) is 5.86. The number of hydrogen-bond donors (Lipinski definition) is 1. The highest BCUT2D eigenvalue weighted by Crippen LogP contribution is 2.34. The summed E-state index contributed by atoms with van der Waals surface area (Å²) in [5.41, 5.74) is 0.391. The quantitative estimate of drug-likeness (QED) is 0.438. The SMILES string of the molecule is CCCOCCOc1cccc(NC)c1[N+](=O)[O-]. The summed E-state index contributed by atoms with van der Waals surface area (Å²) in [5.74, 6) is 0.256. The van der Waals surface area contributed by atoms with E-state index in [0.717, 1.165) is 6.42 Å². The molecule has 0 aliphatic carbocycles. The first kappa shape index (κ1) is 14.2. The molecule has 0 saturated heterocycles. The molecule has 1 N–H and O–H groups in total. The molecule has 1 aromatic carbocycles. The Bertz CT molecular complexity index is 396. The molecular weight excluding hydrogens is 236 g/mol. The summed E-state index contributed by atoms with van der Waals surface area (Å²) in [6, 6.07) is 4.93.